The van der Waals surface area contributed by atoms with Gasteiger partial charge in [-0.1, -0.05) is 48.5 Å². The molecule has 0 fully saturated rings. The maximum atomic E-state index is 12.1. The second-order valence-corrected chi connectivity index (χ2v) is 5.56. The number of aliphatic hydroxyl groups excluding tert-OH is 2. The molecule has 0 aliphatic rings. The molecule has 0 bridgehead atoms. The molecule has 0 amide bonds. The Bertz CT molecular complexity index is 655. The smallest absolute Gasteiger partial charge is 0.150 e. The molecule has 4 nitrogen and oxygen atoms in total. The first kappa shape index (κ1) is 17.1. The molecule has 1 unspecified atom stereocenters. The van der Waals surface area contributed by atoms with Gasteiger partial charge in [0, 0.05) is 11.5 Å². The lowest BCUT2D eigenvalue weighted by Gasteiger charge is -2.17. The second-order valence-electron chi connectivity index (χ2n) is 5.56. The largest absolute Gasteiger partial charge is 0.396 e. The Balaban J connectivity index is 2.33. The zero-order valence-electron chi connectivity index (χ0n) is 13.0. The van der Waals surface area contributed by atoms with Crippen molar-refractivity contribution in [2.45, 2.75) is 18.8 Å². The number of aliphatic hydroxyl groups is 2. The lowest BCUT2D eigenvalue weighted by Crippen LogP contribution is -2.12. The molecule has 2 aromatic carbocycles. The highest BCUT2D eigenvalue weighted by Crippen LogP contribution is 2.27. The molecule has 0 aromatic heterocycles. The Kier molecular flexibility index (Phi) is 5.79. The lowest BCUT2D eigenvalue weighted by atomic mass is 9.86. The van der Waals surface area contributed by atoms with Crippen LogP contribution in [0, 0.1) is 0 Å². The van der Waals surface area contributed by atoms with Crippen LogP contribution in [-0.4, -0.2) is 35.5 Å². The molecular formula is C19H20O4. The number of Topliss-reactive ketones (excluding diaryl/α,β-unsaturated/α-hetero) is 1. The van der Waals surface area contributed by atoms with Gasteiger partial charge in [-0.3, -0.25) is 9.59 Å². The van der Waals surface area contributed by atoms with Crippen LogP contribution in [0.1, 0.15) is 45.8 Å². The number of hydrogen-bond donors (Lipinski definition) is 2. The monoisotopic (exact) mass is 312 g/mol. The van der Waals surface area contributed by atoms with E-state index < -0.39 is 5.92 Å². The molecule has 2 rings (SSSR count). The molecule has 4 heteroatoms. The van der Waals surface area contributed by atoms with E-state index in [2.05, 4.69) is 0 Å². The number of benzene rings is 2. The molecule has 1 atom stereocenters. The molecule has 2 aromatic rings. The SMILES string of the molecule is CC(=O)C(c1ccc(C=O)cc1)c1ccc(C(CO)CO)cc1. The molecular weight excluding hydrogens is 292 g/mol. The van der Waals surface area contributed by atoms with Gasteiger partial charge in [-0.25, -0.2) is 0 Å². The van der Waals surface area contributed by atoms with Gasteiger partial charge < -0.3 is 10.2 Å². The summed E-state index contributed by atoms with van der Waals surface area (Å²) >= 11 is 0. The molecule has 0 spiro atoms. The van der Waals surface area contributed by atoms with Crippen LogP contribution < -0.4 is 0 Å². The molecule has 0 saturated heterocycles. The van der Waals surface area contributed by atoms with Crippen LogP contribution in [0.15, 0.2) is 48.5 Å². The van der Waals surface area contributed by atoms with E-state index in [4.69, 9.17) is 0 Å². The summed E-state index contributed by atoms with van der Waals surface area (Å²) in [6.45, 7) is 1.29. The van der Waals surface area contributed by atoms with Gasteiger partial charge in [-0.15, -0.1) is 0 Å². The van der Waals surface area contributed by atoms with Crippen LogP contribution in [0.25, 0.3) is 0 Å². The van der Waals surface area contributed by atoms with Crippen LogP contribution in [0.3, 0.4) is 0 Å². The van der Waals surface area contributed by atoms with Gasteiger partial charge in [0.1, 0.15) is 12.1 Å². The quantitative estimate of drug-likeness (QED) is 0.769. The predicted octanol–water partition coefficient (Wildman–Crippen LogP) is 2.29. The standard InChI is InChI=1S/C19H20O4/c1-13(23)19(16-4-2-14(10-20)3-5-16)17-8-6-15(7-9-17)18(11-21)12-22/h2-10,18-19,21-22H,11-12H2,1H3. The fourth-order valence-corrected chi connectivity index (χ4v) is 2.66. The number of ketones is 1. The van der Waals surface area contributed by atoms with Crippen molar-refractivity contribution in [3.8, 4) is 0 Å². The van der Waals surface area contributed by atoms with Crippen molar-refractivity contribution in [2.75, 3.05) is 13.2 Å². The molecule has 0 aliphatic carbocycles. The van der Waals surface area contributed by atoms with Gasteiger partial charge >= 0.3 is 0 Å². The summed E-state index contributed by atoms with van der Waals surface area (Å²) in [6.07, 6.45) is 0.769. The van der Waals surface area contributed by atoms with Crippen molar-refractivity contribution in [3.05, 3.63) is 70.8 Å². The molecule has 0 heterocycles. The number of carbonyl (C=O) groups excluding carboxylic acids is 2. The van der Waals surface area contributed by atoms with Gasteiger partial charge in [0.15, 0.2) is 0 Å². The topological polar surface area (TPSA) is 74.6 Å². The Morgan fingerprint density at radius 3 is 1.74 bits per heavy atom. The normalized spacial score (nSPS) is 12.2. The Labute approximate surface area is 135 Å². The molecule has 120 valence electrons. The van der Waals surface area contributed by atoms with Gasteiger partial charge in [0.05, 0.1) is 19.1 Å². The minimum atomic E-state index is -0.397. The van der Waals surface area contributed by atoms with Gasteiger partial charge in [0.25, 0.3) is 0 Å². The summed E-state index contributed by atoms with van der Waals surface area (Å²) in [5, 5.41) is 18.5. The van der Waals surface area contributed by atoms with Crippen LogP contribution in [0.2, 0.25) is 0 Å². The summed E-state index contributed by atoms with van der Waals surface area (Å²) < 4.78 is 0. The van der Waals surface area contributed by atoms with Crippen molar-refractivity contribution in [1.29, 1.82) is 0 Å². The summed E-state index contributed by atoms with van der Waals surface area (Å²) in [6, 6.07) is 14.3. The Morgan fingerprint density at radius 2 is 1.35 bits per heavy atom. The predicted molar refractivity (Wildman–Crippen MR) is 87.7 cm³/mol. The molecule has 23 heavy (non-hydrogen) atoms. The Morgan fingerprint density at radius 1 is 0.913 bits per heavy atom. The van der Waals surface area contributed by atoms with Crippen LogP contribution >= 0.6 is 0 Å². The van der Waals surface area contributed by atoms with E-state index >= 15 is 0 Å². The van der Waals surface area contributed by atoms with Crippen molar-refractivity contribution < 1.29 is 19.8 Å². The van der Waals surface area contributed by atoms with Crippen molar-refractivity contribution >= 4 is 12.1 Å². The minimum Gasteiger partial charge on any atom is -0.396 e. The van der Waals surface area contributed by atoms with E-state index in [1.54, 1.807) is 24.3 Å². The number of carbonyl (C=O) groups is 2. The third kappa shape index (κ3) is 3.92. The summed E-state index contributed by atoms with van der Waals surface area (Å²) in [4.78, 5) is 22.8. The van der Waals surface area contributed by atoms with E-state index in [1.807, 2.05) is 24.3 Å². The Hall–Kier alpha value is -2.30. The van der Waals surface area contributed by atoms with Crippen molar-refractivity contribution in [1.82, 2.24) is 0 Å². The second kappa shape index (κ2) is 7.81. The number of hydrogen-bond acceptors (Lipinski definition) is 4. The lowest BCUT2D eigenvalue weighted by molar-refractivity contribution is -0.117. The molecule has 0 saturated carbocycles. The van der Waals surface area contributed by atoms with E-state index in [0.717, 1.165) is 23.0 Å². The highest BCUT2D eigenvalue weighted by atomic mass is 16.3. The van der Waals surface area contributed by atoms with E-state index in [1.165, 1.54) is 6.92 Å². The fourth-order valence-electron chi connectivity index (χ4n) is 2.66. The highest BCUT2D eigenvalue weighted by molar-refractivity contribution is 5.87. The van der Waals surface area contributed by atoms with Crippen molar-refractivity contribution in [2.24, 2.45) is 0 Å². The van der Waals surface area contributed by atoms with Crippen LogP contribution in [0.4, 0.5) is 0 Å². The highest BCUT2D eigenvalue weighted by Gasteiger charge is 2.19. The summed E-state index contributed by atoms with van der Waals surface area (Å²) in [5.41, 5.74) is 3.07. The number of aldehydes is 1. The third-order valence-corrected chi connectivity index (χ3v) is 3.99. The average Bonchev–Trinajstić information content (AvgIpc) is 2.58. The molecule has 2 N–H and O–H groups in total. The number of rotatable bonds is 7. The maximum absolute atomic E-state index is 12.1. The van der Waals surface area contributed by atoms with Crippen molar-refractivity contribution in [3.63, 3.8) is 0 Å². The fraction of sp³-hybridized carbons (Fsp3) is 0.263. The van der Waals surface area contributed by atoms with Crippen LogP contribution in [-0.2, 0) is 4.79 Å². The maximum Gasteiger partial charge on any atom is 0.150 e. The first-order valence-electron chi connectivity index (χ1n) is 7.47. The van der Waals surface area contributed by atoms with Crippen LogP contribution in [0.5, 0.6) is 0 Å². The van der Waals surface area contributed by atoms with E-state index in [0.29, 0.717) is 5.56 Å². The molecule has 0 aliphatic heterocycles. The van der Waals surface area contributed by atoms with Gasteiger partial charge in [-0.2, -0.15) is 0 Å². The molecule has 0 radical (unpaired) electrons. The average molecular weight is 312 g/mol. The summed E-state index contributed by atoms with van der Waals surface area (Å²) in [5.74, 6) is -0.698. The van der Waals surface area contributed by atoms with E-state index in [9.17, 15) is 19.8 Å². The minimum absolute atomic E-state index is 0.0115. The third-order valence-electron chi connectivity index (χ3n) is 3.99. The summed E-state index contributed by atoms with van der Waals surface area (Å²) in [7, 11) is 0. The zero-order valence-corrected chi connectivity index (χ0v) is 13.0. The first-order valence-corrected chi connectivity index (χ1v) is 7.47. The first-order chi connectivity index (χ1) is 11.1. The van der Waals surface area contributed by atoms with E-state index in [-0.39, 0.29) is 24.9 Å². The zero-order chi connectivity index (χ0) is 16.8. The van der Waals surface area contributed by atoms with Gasteiger partial charge in [-0.05, 0) is 23.6 Å². The van der Waals surface area contributed by atoms with Gasteiger partial charge in [0.2, 0.25) is 0 Å².